The summed E-state index contributed by atoms with van der Waals surface area (Å²) in [6.07, 6.45) is 1.09. The van der Waals surface area contributed by atoms with Crippen molar-refractivity contribution in [3.63, 3.8) is 0 Å². The van der Waals surface area contributed by atoms with Gasteiger partial charge in [-0.1, -0.05) is 23.2 Å². The standard InChI is InChI=1S/C9H7Cl2FO/c10-5-1-2-6(11)8(12)7(5)9(13)3-4-9/h1-2,13H,3-4H2. The van der Waals surface area contributed by atoms with Crippen LogP contribution < -0.4 is 0 Å². The Morgan fingerprint density at radius 2 is 1.77 bits per heavy atom. The molecule has 0 radical (unpaired) electrons. The molecule has 1 aliphatic carbocycles. The number of hydrogen-bond acceptors (Lipinski definition) is 1. The second-order valence-corrected chi connectivity index (χ2v) is 4.06. The Morgan fingerprint density at radius 1 is 1.23 bits per heavy atom. The summed E-state index contributed by atoms with van der Waals surface area (Å²) in [4.78, 5) is 0. The molecule has 1 aromatic carbocycles. The van der Waals surface area contributed by atoms with Gasteiger partial charge in [-0.2, -0.15) is 0 Å². The molecule has 4 heteroatoms. The van der Waals surface area contributed by atoms with Gasteiger partial charge in [-0.25, -0.2) is 4.39 Å². The molecule has 0 heterocycles. The van der Waals surface area contributed by atoms with Crippen LogP contribution in [0.25, 0.3) is 0 Å². The van der Waals surface area contributed by atoms with Crippen LogP contribution in [-0.2, 0) is 5.60 Å². The van der Waals surface area contributed by atoms with Crippen LogP contribution in [0, 0.1) is 5.82 Å². The summed E-state index contributed by atoms with van der Waals surface area (Å²) in [6, 6.07) is 2.88. The number of halogens is 3. The third kappa shape index (κ3) is 1.43. The van der Waals surface area contributed by atoms with Gasteiger partial charge in [0.05, 0.1) is 10.6 Å². The van der Waals surface area contributed by atoms with Gasteiger partial charge in [0, 0.05) is 10.6 Å². The maximum atomic E-state index is 13.4. The maximum Gasteiger partial charge on any atom is 0.149 e. The van der Waals surface area contributed by atoms with Gasteiger partial charge in [-0.3, -0.25) is 0 Å². The van der Waals surface area contributed by atoms with Gasteiger partial charge in [0.25, 0.3) is 0 Å². The monoisotopic (exact) mass is 220 g/mol. The van der Waals surface area contributed by atoms with E-state index in [9.17, 15) is 9.50 Å². The van der Waals surface area contributed by atoms with E-state index in [1.807, 2.05) is 0 Å². The molecule has 1 N–H and O–H groups in total. The van der Waals surface area contributed by atoms with Crippen LogP contribution in [0.15, 0.2) is 12.1 Å². The molecule has 0 spiro atoms. The van der Waals surface area contributed by atoms with Crippen LogP contribution in [0.3, 0.4) is 0 Å². The lowest BCUT2D eigenvalue weighted by Gasteiger charge is -2.12. The van der Waals surface area contributed by atoms with Crippen LogP contribution >= 0.6 is 23.2 Å². The molecule has 0 amide bonds. The molecule has 1 aromatic rings. The van der Waals surface area contributed by atoms with Crippen molar-refractivity contribution in [3.05, 3.63) is 33.6 Å². The number of rotatable bonds is 1. The lowest BCUT2D eigenvalue weighted by atomic mass is 10.1. The molecule has 0 saturated heterocycles. The summed E-state index contributed by atoms with van der Waals surface area (Å²) in [5.74, 6) is -0.603. The Hall–Kier alpha value is -0.310. The fourth-order valence-corrected chi connectivity index (χ4v) is 1.80. The minimum atomic E-state index is -1.08. The van der Waals surface area contributed by atoms with Crippen molar-refractivity contribution in [3.8, 4) is 0 Å². The van der Waals surface area contributed by atoms with E-state index in [4.69, 9.17) is 23.2 Å². The fraction of sp³-hybridized carbons (Fsp3) is 0.333. The summed E-state index contributed by atoms with van der Waals surface area (Å²) in [5, 5.41) is 9.94. The molecule has 1 fully saturated rings. The molecule has 70 valence electrons. The van der Waals surface area contributed by atoms with E-state index in [0.717, 1.165) is 0 Å². The van der Waals surface area contributed by atoms with E-state index in [1.165, 1.54) is 12.1 Å². The smallest absolute Gasteiger partial charge is 0.149 e. The highest BCUT2D eigenvalue weighted by Crippen LogP contribution is 2.49. The highest BCUT2D eigenvalue weighted by atomic mass is 35.5. The summed E-state index contributed by atoms with van der Waals surface area (Å²) >= 11 is 11.3. The van der Waals surface area contributed by atoms with E-state index in [-0.39, 0.29) is 15.6 Å². The van der Waals surface area contributed by atoms with E-state index in [0.29, 0.717) is 12.8 Å². The van der Waals surface area contributed by atoms with Crippen LogP contribution in [0.2, 0.25) is 10.0 Å². The Morgan fingerprint density at radius 3 is 2.31 bits per heavy atom. The number of aliphatic hydroxyl groups is 1. The zero-order valence-corrected chi connectivity index (χ0v) is 8.16. The first kappa shape index (κ1) is 9.25. The van der Waals surface area contributed by atoms with Crippen molar-refractivity contribution < 1.29 is 9.50 Å². The average Bonchev–Trinajstić information content (AvgIpc) is 2.78. The van der Waals surface area contributed by atoms with Gasteiger partial charge >= 0.3 is 0 Å². The van der Waals surface area contributed by atoms with Crippen LogP contribution in [0.5, 0.6) is 0 Å². The van der Waals surface area contributed by atoms with E-state index < -0.39 is 11.4 Å². The molecule has 0 aromatic heterocycles. The molecule has 0 atom stereocenters. The fourth-order valence-electron chi connectivity index (χ4n) is 1.32. The molecule has 13 heavy (non-hydrogen) atoms. The average molecular weight is 221 g/mol. The highest BCUT2D eigenvalue weighted by molar-refractivity contribution is 6.33. The van der Waals surface area contributed by atoms with E-state index in [2.05, 4.69) is 0 Å². The second kappa shape index (κ2) is 2.84. The highest BCUT2D eigenvalue weighted by Gasteiger charge is 2.46. The second-order valence-electron chi connectivity index (χ2n) is 3.25. The minimum Gasteiger partial charge on any atom is -0.385 e. The summed E-state index contributed by atoms with van der Waals surface area (Å²) in [6.45, 7) is 0. The van der Waals surface area contributed by atoms with Crippen molar-refractivity contribution in [2.24, 2.45) is 0 Å². The van der Waals surface area contributed by atoms with Crippen molar-refractivity contribution in [1.82, 2.24) is 0 Å². The lowest BCUT2D eigenvalue weighted by Crippen LogP contribution is -2.08. The van der Waals surface area contributed by atoms with Gasteiger partial charge in [0.15, 0.2) is 0 Å². The SMILES string of the molecule is OC1(c2c(Cl)ccc(Cl)c2F)CC1. The Bertz CT molecular complexity index is 361. The quantitative estimate of drug-likeness (QED) is 0.722. The molecular weight excluding hydrogens is 214 g/mol. The summed E-state index contributed by atoms with van der Waals surface area (Å²) < 4.78 is 13.4. The number of hydrogen-bond donors (Lipinski definition) is 1. The lowest BCUT2D eigenvalue weighted by molar-refractivity contribution is 0.147. The first-order chi connectivity index (χ1) is 6.04. The molecule has 1 aliphatic rings. The molecule has 1 nitrogen and oxygen atoms in total. The maximum absolute atomic E-state index is 13.4. The van der Waals surface area contributed by atoms with Gasteiger partial charge in [-0.15, -0.1) is 0 Å². The summed E-state index contributed by atoms with van der Waals surface area (Å²) in [7, 11) is 0. The molecule has 1 saturated carbocycles. The molecule has 0 unspecified atom stereocenters. The first-order valence-corrected chi connectivity index (χ1v) is 4.66. The van der Waals surface area contributed by atoms with E-state index in [1.54, 1.807) is 0 Å². The zero-order chi connectivity index (χ0) is 9.64. The Kier molecular flexibility index (Phi) is 2.02. The largest absolute Gasteiger partial charge is 0.385 e. The predicted octanol–water partition coefficient (Wildman–Crippen LogP) is 3.11. The summed E-state index contributed by atoms with van der Waals surface area (Å²) in [5.41, 5.74) is -0.937. The van der Waals surface area contributed by atoms with Crippen LogP contribution in [0.1, 0.15) is 18.4 Å². The van der Waals surface area contributed by atoms with Gasteiger partial charge in [0.1, 0.15) is 5.82 Å². The minimum absolute atomic E-state index is 0.000255. The van der Waals surface area contributed by atoms with Gasteiger partial charge in [0.2, 0.25) is 0 Å². The molecular formula is C9H7Cl2FO. The van der Waals surface area contributed by atoms with Crippen molar-refractivity contribution >= 4 is 23.2 Å². The first-order valence-electron chi connectivity index (χ1n) is 3.91. The van der Waals surface area contributed by atoms with Crippen molar-refractivity contribution in [2.45, 2.75) is 18.4 Å². The molecule has 0 bridgehead atoms. The Labute approximate surface area is 85.1 Å². The third-order valence-electron chi connectivity index (χ3n) is 2.23. The molecule has 2 rings (SSSR count). The zero-order valence-electron chi connectivity index (χ0n) is 6.65. The van der Waals surface area contributed by atoms with Crippen molar-refractivity contribution in [2.75, 3.05) is 0 Å². The van der Waals surface area contributed by atoms with Gasteiger partial charge < -0.3 is 5.11 Å². The van der Waals surface area contributed by atoms with Crippen LogP contribution in [0.4, 0.5) is 4.39 Å². The predicted molar refractivity (Wildman–Crippen MR) is 49.6 cm³/mol. The van der Waals surface area contributed by atoms with Crippen LogP contribution in [-0.4, -0.2) is 5.11 Å². The Balaban J connectivity index is 2.61. The topological polar surface area (TPSA) is 20.2 Å². The van der Waals surface area contributed by atoms with E-state index >= 15 is 0 Å². The number of benzene rings is 1. The van der Waals surface area contributed by atoms with Gasteiger partial charge in [-0.05, 0) is 25.0 Å². The molecule has 0 aliphatic heterocycles. The van der Waals surface area contributed by atoms with Crippen molar-refractivity contribution in [1.29, 1.82) is 0 Å². The third-order valence-corrected chi connectivity index (χ3v) is 2.84. The normalized spacial score (nSPS) is 18.8.